The molecule has 2 rings (SSSR count). The van der Waals surface area contributed by atoms with Crippen molar-refractivity contribution in [2.45, 2.75) is 66.2 Å². The van der Waals surface area contributed by atoms with Crippen LogP contribution in [-0.2, 0) is 19.4 Å². The van der Waals surface area contributed by atoms with Crippen molar-refractivity contribution < 1.29 is 17.6 Å². The van der Waals surface area contributed by atoms with E-state index in [-0.39, 0.29) is 10.8 Å². The minimum Gasteiger partial charge on any atom is -0.394 e. The lowest BCUT2D eigenvalue weighted by Gasteiger charge is -2.27. The molecule has 4 nitrogen and oxygen atoms in total. The molecule has 0 aliphatic heterocycles. The first-order chi connectivity index (χ1) is 12.7. The van der Waals surface area contributed by atoms with Crippen molar-refractivity contribution in [2.75, 3.05) is 0 Å². The van der Waals surface area contributed by atoms with Crippen molar-refractivity contribution >= 4 is 20.7 Å². The summed E-state index contributed by atoms with van der Waals surface area (Å²) in [6.45, 7) is 16.4. The highest BCUT2D eigenvalue weighted by molar-refractivity contribution is 7.80. The van der Waals surface area contributed by atoms with Crippen LogP contribution < -0.4 is 9.05 Å². The molecule has 0 bridgehead atoms. The summed E-state index contributed by atoms with van der Waals surface area (Å²) in [5.41, 5.74) is 3.61. The van der Waals surface area contributed by atoms with E-state index in [1.54, 1.807) is 12.1 Å². The molecule has 0 N–H and O–H groups in total. The molecule has 0 fully saturated rings. The monoisotopic (exact) mass is 422 g/mol. The van der Waals surface area contributed by atoms with Gasteiger partial charge in [-0.15, -0.1) is 0 Å². The summed E-state index contributed by atoms with van der Waals surface area (Å²) >= 11 is 3.80. The lowest BCUT2D eigenvalue weighted by atomic mass is 9.85. The van der Waals surface area contributed by atoms with Gasteiger partial charge in [-0.05, 0) is 49.7 Å². The van der Waals surface area contributed by atoms with Crippen LogP contribution in [0.15, 0.2) is 36.4 Å². The van der Waals surface area contributed by atoms with E-state index in [0.29, 0.717) is 11.5 Å². The molecule has 0 unspecified atom stereocenters. The summed E-state index contributed by atoms with van der Waals surface area (Å²) in [4.78, 5) is 0. The van der Waals surface area contributed by atoms with E-state index < -0.39 is 7.82 Å². The molecule has 0 saturated carbocycles. The van der Waals surface area contributed by atoms with Crippen LogP contribution in [0.3, 0.4) is 0 Å². The average molecular weight is 423 g/mol. The molecule has 0 saturated heterocycles. The Labute approximate surface area is 174 Å². The molecule has 2 aromatic rings. The topological polar surface area (TPSA) is 44.8 Å². The summed E-state index contributed by atoms with van der Waals surface area (Å²) in [5.74, 6) is 0.916. The summed E-state index contributed by atoms with van der Waals surface area (Å²) in [7, 11) is -4.00. The van der Waals surface area contributed by atoms with Gasteiger partial charge in [-0.2, -0.15) is 3.97 Å². The Balaban J connectivity index is 2.46. The number of hydrogen-bond donors (Lipinski definition) is 1. The highest BCUT2D eigenvalue weighted by Gasteiger charge is 2.34. The van der Waals surface area contributed by atoms with Gasteiger partial charge in [0.05, 0.1) is 0 Å². The molecule has 0 aliphatic carbocycles. The fourth-order valence-corrected chi connectivity index (χ4v) is 4.02. The predicted octanol–water partition coefficient (Wildman–Crippen LogP) is 7.33. The van der Waals surface area contributed by atoms with Crippen LogP contribution in [0.5, 0.6) is 11.5 Å². The number of rotatable bonds is 5. The largest absolute Gasteiger partial charge is 0.598 e. The average Bonchev–Trinajstić information content (AvgIpc) is 2.56. The first kappa shape index (κ1) is 22.9. The molecule has 0 atom stereocenters. The van der Waals surface area contributed by atoms with Crippen LogP contribution in [0.1, 0.15) is 63.8 Å². The van der Waals surface area contributed by atoms with Gasteiger partial charge in [0.15, 0.2) is 0 Å². The molecular weight excluding hydrogens is 391 g/mol. The van der Waals surface area contributed by atoms with Gasteiger partial charge in [0.1, 0.15) is 11.5 Å². The molecule has 2 aromatic carbocycles. The maximum atomic E-state index is 13.3. The van der Waals surface area contributed by atoms with E-state index in [9.17, 15) is 4.57 Å². The zero-order chi connectivity index (χ0) is 21.3. The quantitative estimate of drug-likeness (QED) is 0.311. The van der Waals surface area contributed by atoms with Gasteiger partial charge in [0, 0.05) is 11.1 Å². The van der Waals surface area contributed by atoms with Crippen molar-refractivity contribution in [3.8, 4) is 11.5 Å². The minimum absolute atomic E-state index is 0.205. The molecular formula is C22H31O4PS. The highest BCUT2D eigenvalue weighted by Crippen LogP contribution is 2.53. The summed E-state index contributed by atoms with van der Waals surface area (Å²) < 4.78 is 29.9. The fraction of sp³-hybridized carbons (Fsp3) is 0.455. The van der Waals surface area contributed by atoms with Crippen molar-refractivity contribution in [1.29, 1.82) is 0 Å². The predicted molar refractivity (Wildman–Crippen MR) is 119 cm³/mol. The number of aryl methyl sites for hydroxylation is 2. The van der Waals surface area contributed by atoms with Crippen LogP contribution in [0.4, 0.5) is 0 Å². The molecule has 154 valence electrons. The third-order valence-corrected chi connectivity index (χ3v) is 6.05. The van der Waals surface area contributed by atoms with Gasteiger partial charge in [-0.3, -0.25) is 0 Å². The maximum absolute atomic E-state index is 13.3. The number of phosphoric acid groups is 1. The lowest BCUT2D eigenvalue weighted by Crippen LogP contribution is -2.16. The summed E-state index contributed by atoms with van der Waals surface area (Å²) in [5, 5.41) is 0. The number of benzene rings is 2. The molecule has 0 aliphatic rings. The van der Waals surface area contributed by atoms with Crippen LogP contribution in [0.25, 0.3) is 0 Å². The minimum atomic E-state index is -4.00. The van der Waals surface area contributed by atoms with Gasteiger partial charge < -0.3 is 9.05 Å². The fourth-order valence-electron chi connectivity index (χ4n) is 2.91. The first-order valence-corrected chi connectivity index (χ1v) is 11.1. The summed E-state index contributed by atoms with van der Waals surface area (Å²) in [6.07, 6.45) is 0. The Morgan fingerprint density at radius 2 is 1.11 bits per heavy atom. The van der Waals surface area contributed by atoms with E-state index in [4.69, 9.17) is 13.0 Å². The zero-order valence-corrected chi connectivity index (χ0v) is 19.8. The molecule has 0 amide bonds. The van der Waals surface area contributed by atoms with Gasteiger partial charge in [-0.25, -0.2) is 4.57 Å². The van der Waals surface area contributed by atoms with Crippen molar-refractivity contribution in [1.82, 2.24) is 0 Å². The number of thiol groups is 1. The Bertz CT molecular complexity index is 825. The van der Waals surface area contributed by atoms with Crippen molar-refractivity contribution in [3.63, 3.8) is 0 Å². The SMILES string of the molecule is Cc1ccc(OP(=O)(OS)Oc2ccc(C)cc2C(C)(C)C)c(C(C)(C)C)c1. The van der Waals surface area contributed by atoms with E-state index >= 15 is 0 Å². The summed E-state index contributed by atoms with van der Waals surface area (Å²) in [6, 6.07) is 11.4. The van der Waals surface area contributed by atoms with Crippen LogP contribution in [0, 0.1) is 13.8 Å². The Morgan fingerprint density at radius 3 is 1.39 bits per heavy atom. The zero-order valence-electron chi connectivity index (χ0n) is 18.0. The van der Waals surface area contributed by atoms with E-state index in [1.165, 1.54) is 0 Å². The van der Waals surface area contributed by atoms with Gasteiger partial charge in [0.25, 0.3) is 0 Å². The normalized spacial score (nSPS) is 12.8. The van der Waals surface area contributed by atoms with Crippen LogP contribution >= 0.6 is 20.7 Å². The molecule has 6 heteroatoms. The Morgan fingerprint density at radius 1 is 0.750 bits per heavy atom. The van der Waals surface area contributed by atoms with Gasteiger partial charge in [-0.1, -0.05) is 76.9 Å². The van der Waals surface area contributed by atoms with Gasteiger partial charge in [0.2, 0.25) is 0 Å². The van der Waals surface area contributed by atoms with Crippen molar-refractivity contribution in [2.24, 2.45) is 0 Å². The van der Waals surface area contributed by atoms with E-state index in [1.807, 2.05) is 38.1 Å². The smallest absolute Gasteiger partial charge is 0.394 e. The second kappa shape index (κ2) is 8.14. The second-order valence-electron chi connectivity index (χ2n) is 9.21. The molecule has 28 heavy (non-hydrogen) atoms. The van der Waals surface area contributed by atoms with Crippen molar-refractivity contribution in [3.05, 3.63) is 58.7 Å². The molecule has 0 radical (unpaired) electrons. The third-order valence-electron chi connectivity index (χ3n) is 4.41. The molecule has 0 spiro atoms. The lowest BCUT2D eigenvalue weighted by molar-refractivity contribution is 0.309. The molecule has 0 heterocycles. The van der Waals surface area contributed by atoms with Gasteiger partial charge >= 0.3 is 7.82 Å². The maximum Gasteiger partial charge on any atom is 0.598 e. The van der Waals surface area contributed by atoms with E-state index in [2.05, 4.69) is 54.5 Å². The molecule has 0 aromatic heterocycles. The number of phosphoric ester groups is 1. The van der Waals surface area contributed by atoms with Crippen LogP contribution in [-0.4, -0.2) is 0 Å². The standard InChI is InChI=1S/C22H31O4PS/c1-15-9-11-19(17(13-15)21(3,4)5)24-27(23,26-28)25-20-12-10-16(2)14-18(20)22(6,7)8/h9-14,28H,1-8H3. The van der Waals surface area contributed by atoms with Crippen LogP contribution in [0.2, 0.25) is 0 Å². The Hall–Kier alpha value is -1.42. The highest BCUT2D eigenvalue weighted by atomic mass is 32.1. The Kier molecular flexibility index (Phi) is 6.65. The number of hydrogen-bond acceptors (Lipinski definition) is 5. The third kappa shape index (κ3) is 5.56. The first-order valence-electron chi connectivity index (χ1n) is 9.30. The van der Waals surface area contributed by atoms with E-state index in [0.717, 1.165) is 22.3 Å². The second-order valence-corrected chi connectivity index (χ2v) is 11.1.